The van der Waals surface area contributed by atoms with E-state index >= 15 is 0 Å². The van der Waals surface area contributed by atoms with Crippen molar-refractivity contribution < 1.29 is 0 Å². The Morgan fingerprint density at radius 2 is 1.58 bits per heavy atom. The smallest absolute Gasteiger partial charge is 0.0220 e. The molecule has 0 atom stereocenters. The quantitative estimate of drug-likeness (QED) is 0.538. The van der Waals surface area contributed by atoms with Gasteiger partial charge in [0.2, 0.25) is 0 Å². The summed E-state index contributed by atoms with van der Waals surface area (Å²) in [6, 6.07) is 0. The fourth-order valence-electron chi connectivity index (χ4n) is 2.37. The highest BCUT2D eigenvalue weighted by Crippen LogP contribution is 2.42. The van der Waals surface area contributed by atoms with E-state index in [2.05, 4.69) is 47.3 Å². The molecular weight excluding hydrogens is 144 g/mol. The van der Waals surface area contributed by atoms with Gasteiger partial charge in [-0.3, -0.25) is 0 Å². The van der Waals surface area contributed by atoms with Crippen molar-refractivity contribution in [2.75, 3.05) is 0 Å². The van der Waals surface area contributed by atoms with Crippen molar-refractivity contribution in [2.45, 2.75) is 47.5 Å². The molecule has 0 unspecified atom stereocenters. The number of hydrogen-bond donors (Lipinski definition) is 0. The summed E-state index contributed by atoms with van der Waals surface area (Å²) in [4.78, 5) is 0. The van der Waals surface area contributed by atoms with Gasteiger partial charge in [0.1, 0.15) is 0 Å². The Morgan fingerprint density at radius 3 is 1.67 bits per heavy atom. The van der Waals surface area contributed by atoms with Crippen LogP contribution in [0.15, 0.2) is 12.7 Å². The van der Waals surface area contributed by atoms with Crippen molar-refractivity contribution >= 4 is 0 Å². The summed E-state index contributed by atoms with van der Waals surface area (Å²) in [5, 5.41) is 0. The maximum Gasteiger partial charge on any atom is -0.0220 e. The lowest BCUT2D eigenvalue weighted by molar-refractivity contribution is 0.109. The van der Waals surface area contributed by atoms with Crippen LogP contribution in [0.2, 0.25) is 0 Å². The third-order valence-electron chi connectivity index (χ3n) is 3.48. The minimum Gasteiger partial charge on any atom is -0.103 e. The zero-order chi connectivity index (χ0) is 9.78. The lowest BCUT2D eigenvalue weighted by Crippen LogP contribution is -2.31. The van der Waals surface area contributed by atoms with E-state index in [0.717, 1.165) is 18.3 Å². The second kappa shape index (κ2) is 4.69. The topological polar surface area (TPSA) is 0 Å². The molecule has 0 heterocycles. The highest BCUT2D eigenvalue weighted by Gasteiger charge is 2.33. The highest BCUT2D eigenvalue weighted by molar-refractivity contribution is 4.90. The van der Waals surface area contributed by atoms with Gasteiger partial charge in [-0.2, -0.15) is 0 Å². The first-order valence-corrected chi connectivity index (χ1v) is 5.12. The molecule has 0 rings (SSSR count). The van der Waals surface area contributed by atoms with Crippen molar-refractivity contribution in [2.24, 2.45) is 17.3 Å². The van der Waals surface area contributed by atoms with Crippen LogP contribution in [0, 0.1) is 17.3 Å². The van der Waals surface area contributed by atoms with E-state index in [1.165, 1.54) is 6.42 Å². The van der Waals surface area contributed by atoms with Gasteiger partial charge >= 0.3 is 0 Å². The predicted molar refractivity (Wildman–Crippen MR) is 57.2 cm³/mol. The zero-order valence-electron chi connectivity index (χ0n) is 9.35. The van der Waals surface area contributed by atoms with Gasteiger partial charge in [-0.05, 0) is 30.1 Å². The lowest BCUT2D eigenvalue weighted by Gasteiger charge is -2.40. The van der Waals surface area contributed by atoms with Crippen LogP contribution < -0.4 is 0 Å². The van der Waals surface area contributed by atoms with Crippen molar-refractivity contribution in [3.05, 3.63) is 12.7 Å². The van der Waals surface area contributed by atoms with Crippen molar-refractivity contribution in [3.63, 3.8) is 0 Å². The maximum absolute atomic E-state index is 3.86. The van der Waals surface area contributed by atoms with Gasteiger partial charge < -0.3 is 0 Å². The summed E-state index contributed by atoms with van der Waals surface area (Å²) in [5.41, 5.74) is 0.474. The van der Waals surface area contributed by atoms with Crippen molar-refractivity contribution in [3.8, 4) is 0 Å². The molecule has 0 aromatic heterocycles. The van der Waals surface area contributed by atoms with Crippen LogP contribution in [0.3, 0.4) is 0 Å². The molecule has 0 aromatic carbocycles. The molecular formula is C12H24. The number of hydrogen-bond acceptors (Lipinski definition) is 0. The molecule has 0 aliphatic heterocycles. The Morgan fingerprint density at radius 1 is 1.17 bits per heavy atom. The molecule has 0 saturated carbocycles. The average molecular weight is 168 g/mol. The predicted octanol–water partition coefficient (Wildman–Crippen LogP) is 4.27. The van der Waals surface area contributed by atoms with Gasteiger partial charge in [0, 0.05) is 0 Å². The summed E-state index contributed by atoms with van der Waals surface area (Å²) < 4.78 is 0. The van der Waals surface area contributed by atoms with Crippen LogP contribution >= 0.6 is 0 Å². The van der Waals surface area contributed by atoms with Crippen LogP contribution in [-0.2, 0) is 0 Å². The lowest BCUT2D eigenvalue weighted by atomic mass is 9.65. The fourth-order valence-corrected chi connectivity index (χ4v) is 2.37. The van der Waals surface area contributed by atoms with E-state index in [4.69, 9.17) is 0 Å². The molecule has 12 heavy (non-hydrogen) atoms. The minimum absolute atomic E-state index is 0.474. The van der Waals surface area contributed by atoms with Crippen LogP contribution in [0.25, 0.3) is 0 Å². The molecule has 0 aliphatic rings. The number of rotatable bonds is 5. The third-order valence-corrected chi connectivity index (χ3v) is 3.48. The molecule has 0 N–H and O–H groups in total. The summed E-state index contributed by atoms with van der Waals surface area (Å²) in [7, 11) is 0. The summed E-state index contributed by atoms with van der Waals surface area (Å²) in [6.45, 7) is 15.5. The molecule has 0 amide bonds. The first-order chi connectivity index (χ1) is 5.51. The van der Waals surface area contributed by atoms with Gasteiger partial charge in [0.05, 0.1) is 0 Å². The molecule has 0 aromatic rings. The Labute approximate surface area is 78.1 Å². The normalized spacial score (nSPS) is 12.6. The fraction of sp³-hybridized carbons (Fsp3) is 0.833. The second-order valence-electron chi connectivity index (χ2n) is 4.39. The van der Waals surface area contributed by atoms with Crippen LogP contribution in [-0.4, -0.2) is 0 Å². The molecule has 0 spiro atoms. The SMILES string of the molecule is C=CCC(CC)(C(C)C)C(C)C. The molecule has 0 fully saturated rings. The first-order valence-electron chi connectivity index (χ1n) is 5.12. The molecule has 0 bridgehead atoms. The summed E-state index contributed by atoms with van der Waals surface area (Å²) in [6.07, 6.45) is 4.48. The van der Waals surface area contributed by atoms with Crippen LogP contribution in [0.1, 0.15) is 47.5 Å². The molecule has 0 aliphatic carbocycles. The summed E-state index contributed by atoms with van der Waals surface area (Å²) >= 11 is 0. The van der Waals surface area contributed by atoms with Gasteiger partial charge in [0.15, 0.2) is 0 Å². The first kappa shape index (κ1) is 11.7. The monoisotopic (exact) mass is 168 g/mol. The molecule has 0 radical (unpaired) electrons. The van der Waals surface area contributed by atoms with Gasteiger partial charge in [-0.15, -0.1) is 6.58 Å². The molecule has 0 nitrogen and oxygen atoms in total. The van der Waals surface area contributed by atoms with E-state index in [9.17, 15) is 0 Å². The largest absolute Gasteiger partial charge is 0.103 e. The van der Waals surface area contributed by atoms with E-state index in [-0.39, 0.29) is 0 Å². The molecule has 0 saturated heterocycles. The van der Waals surface area contributed by atoms with Crippen molar-refractivity contribution in [1.82, 2.24) is 0 Å². The van der Waals surface area contributed by atoms with Gasteiger partial charge in [-0.1, -0.05) is 40.7 Å². The minimum atomic E-state index is 0.474. The van der Waals surface area contributed by atoms with E-state index in [1.54, 1.807) is 0 Å². The van der Waals surface area contributed by atoms with E-state index in [0.29, 0.717) is 5.41 Å². The standard InChI is InChI=1S/C12H24/c1-7-9-12(8-2,10(3)4)11(5)6/h7,10-11H,1,8-9H2,2-6H3. The average Bonchev–Trinajstić information content (AvgIpc) is 1.98. The zero-order valence-corrected chi connectivity index (χ0v) is 9.35. The van der Waals surface area contributed by atoms with E-state index in [1.807, 2.05) is 0 Å². The Kier molecular flexibility index (Phi) is 4.59. The van der Waals surface area contributed by atoms with Crippen LogP contribution in [0.4, 0.5) is 0 Å². The maximum atomic E-state index is 3.86. The Bertz CT molecular complexity index is 123. The molecule has 72 valence electrons. The number of allylic oxidation sites excluding steroid dienone is 1. The Hall–Kier alpha value is -0.260. The highest BCUT2D eigenvalue weighted by atomic mass is 14.4. The van der Waals surface area contributed by atoms with Gasteiger partial charge in [0.25, 0.3) is 0 Å². The van der Waals surface area contributed by atoms with Gasteiger partial charge in [-0.25, -0.2) is 0 Å². The van der Waals surface area contributed by atoms with E-state index < -0.39 is 0 Å². The summed E-state index contributed by atoms with van der Waals surface area (Å²) in [5.74, 6) is 1.50. The Balaban J connectivity index is 4.62. The second-order valence-corrected chi connectivity index (χ2v) is 4.39. The van der Waals surface area contributed by atoms with Crippen molar-refractivity contribution in [1.29, 1.82) is 0 Å². The molecule has 0 heteroatoms. The van der Waals surface area contributed by atoms with Crippen LogP contribution in [0.5, 0.6) is 0 Å². The third kappa shape index (κ3) is 2.12.